The molecule has 0 saturated carbocycles. The molecule has 0 heterocycles. The van der Waals surface area contributed by atoms with Crippen molar-refractivity contribution in [3.63, 3.8) is 0 Å². The van der Waals surface area contributed by atoms with E-state index in [9.17, 15) is 4.79 Å². The fourth-order valence-corrected chi connectivity index (χ4v) is 3.14. The molecule has 124 valence electrons. The molecule has 1 N–H and O–H groups in total. The zero-order valence-electron chi connectivity index (χ0n) is 14.2. The molecular formula is C18H29NO2S. The minimum atomic E-state index is -0.0860. The predicted octanol–water partition coefficient (Wildman–Crippen LogP) is 4.51. The largest absolute Gasteiger partial charge is 0.497 e. The Morgan fingerprint density at radius 1 is 1.27 bits per heavy atom. The Morgan fingerprint density at radius 2 is 1.95 bits per heavy atom. The van der Waals surface area contributed by atoms with Crippen molar-refractivity contribution in [3.05, 3.63) is 24.3 Å². The highest BCUT2D eigenvalue weighted by Gasteiger charge is 2.15. The van der Waals surface area contributed by atoms with E-state index < -0.39 is 0 Å². The van der Waals surface area contributed by atoms with E-state index in [1.807, 2.05) is 31.2 Å². The van der Waals surface area contributed by atoms with Crippen molar-refractivity contribution in [3.8, 4) is 5.75 Å². The van der Waals surface area contributed by atoms with Crippen LogP contribution in [0, 0.1) is 5.92 Å². The van der Waals surface area contributed by atoms with Crippen LogP contribution in [0.5, 0.6) is 5.75 Å². The van der Waals surface area contributed by atoms with E-state index in [4.69, 9.17) is 4.74 Å². The average molecular weight is 324 g/mol. The summed E-state index contributed by atoms with van der Waals surface area (Å²) in [4.78, 5) is 13.3. The van der Waals surface area contributed by atoms with Crippen LogP contribution in [0.1, 0.15) is 46.5 Å². The Kier molecular flexibility index (Phi) is 9.05. The number of amides is 1. The first-order valence-electron chi connectivity index (χ1n) is 8.19. The zero-order chi connectivity index (χ0) is 16.4. The zero-order valence-corrected chi connectivity index (χ0v) is 15.0. The highest BCUT2D eigenvalue weighted by Crippen LogP contribution is 2.25. The molecule has 1 aromatic carbocycles. The molecule has 0 aliphatic heterocycles. The van der Waals surface area contributed by atoms with Crippen molar-refractivity contribution < 1.29 is 9.53 Å². The lowest BCUT2D eigenvalue weighted by atomic mass is 9.99. The van der Waals surface area contributed by atoms with Crippen LogP contribution in [-0.4, -0.2) is 24.8 Å². The summed E-state index contributed by atoms with van der Waals surface area (Å²) < 4.78 is 5.14. The number of rotatable bonds is 10. The van der Waals surface area contributed by atoms with E-state index in [0.29, 0.717) is 5.92 Å². The maximum Gasteiger partial charge on any atom is 0.233 e. The van der Waals surface area contributed by atoms with E-state index in [-0.39, 0.29) is 11.2 Å². The molecule has 4 heteroatoms. The van der Waals surface area contributed by atoms with Crippen molar-refractivity contribution in [1.29, 1.82) is 0 Å². The Balaban J connectivity index is 2.40. The number of hydrogen-bond donors (Lipinski definition) is 1. The number of thioether (sulfide) groups is 1. The van der Waals surface area contributed by atoms with Gasteiger partial charge in [-0.25, -0.2) is 0 Å². The number of carbonyl (C=O) groups is 1. The van der Waals surface area contributed by atoms with Gasteiger partial charge in [0.15, 0.2) is 0 Å². The molecule has 0 aromatic heterocycles. The fraction of sp³-hybridized carbons (Fsp3) is 0.611. The highest BCUT2D eigenvalue weighted by molar-refractivity contribution is 8.00. The molecule has 0 radical (unpaired) electrons. The molecule has 0 saturated heterocycles. The maximum absolute atomic E-state index is 12.2. The molecule has 3 nitrogen and oxygen atoms in total. The van der Waals surface area contributed by atoms with Crippen LogP contribution in [0.15, 0.2) is 29.2 Å². The molecule has 0 bridgehead atoms. The molecule has 0 aliphatic carbocycles. The van der Waals surface area contributed by atoms with Crippen LogP contribution in [0.2, 0.25) is 0 Å². The number of methoxy groups -OCH3 is 1. The van der Waals surface area contributed by atoms with Crippen LogP contribution in [0.4, 0.5) is 0 Å². The summed E-state index contributed by atoms with van der Waals surface area (Å²) in [6.07, 6.45) is 4.78. The van der Waals surface area contributed by atoms with Crippen molar-refractivity contribution in [2.24, 2.45) is 5.92 Å². The standard InChI is InChI=1S/C18H29NO2S/c1-5-7-8-15(6-2)13-19-18(20)14(3)22-17-11-9-16(21-4)10-12-17/h9-12,14-15H,5-8,13H2,1-4H3,(H,19,20)/t14-,15-/m1/s1. The van der Waals surface area contributed by atoms with Gasteiger partial charge in [-0.15, -0.1) is 11.8 Å². The highest BCUT2D eigenvalue weighted by atomic mass is 32.2. The summed E-state index contributed by atoms with van der Waals surface area (Å²) in [5, 5.41) is 3.01. The Bertz CT molecular complexity index is 433. The van der Waals surface area contributed by atoms with Gasteiger partial charge in [-0.2, -0.15) is 0 Å². The van der Waals surface area contributed by atoms with Gasteiger partial charge in [0.2, 0.25) is 5.91 Å². The summed E-state index contributed by atoms with van der Waals surface area (Å²) in [6.45, 7) is 7.15. The maximum atomic E-state index is 12.2. The molecule has 1 aromatic rings. The van der Waals surface area contributed by atoms with Crippen molar-refractivity contribution in [2.45, 2.75) is 56.6 Å². The van der Waals surface area contributed by atoms with Gasteiger partial charge >= 0.3 is 0 Å². The second-order valence-electron chi connectivity index (χ2n) is 5.60. The molecule has 0 spiro atoms. The third-order valence-corrected chi connectivity index (χ3v) is 4.96. The molecule has 0 unspecified atom stereocenters. The summed E-state index contributed by atoms with van der Waals surface area (Å²) >= 11 is 1.58. The molecular weight excluding hydrogens is 294 g/mol. The first-order chi connectivity index (χ1) is 10.6. The van der Waals surface area contributed by atoms with Gasteiger partial charge < -0.3 is 10.1 Å². The Labute approximate surface area is 139 Å². The smallest absolute Gasteiger partial charge is 0.233 e. The Hall–Kier alpha value is -1.16. The Morgan fingerprint density at radius 3 is 2.50 bits per heavy atom. The van der Waals surface area contributed by atoms with Crippen molar-refractivity contribution in [2.75, 3.05) is 13.7 Å². The van der Waals surface area contributed by atoms with Gasteiger partial charge in [0, 0.05) is 11.4 Å². The van der Waals surface area contributed by atoms with Crippen LogP contribution in [-0.2, 0) is 4.79 Å². The SMILES string of the molecule is CCCC[C@@H](CC)CNC(=O)[C@@H](C)Sc1ccc(OC)cc1. The number of unbranched alkanes of at least 4 members (excludes halogenated alkanes) is 1. The van der Waals surface area contributed by atoms with Gasteiger partial charge in [0.25, 0.3) is 0 Å². The van der Waals surface area contributed by atoms with Crippen LogP contribution >= 0.6 is 11.8 Å². The lowest BCUT2D eigenvalue weighted by molar-refractivity contribution is -0.120. The lowest BCUT2D eigenvalue weighted by Gasteiger charge is -2.17. The minimum absolute atomic E-state index is 0.0860. The minimum Gasteiger partial charge on any atom is -0.497 e. The fourth-order valence-electron chi connectivity index (χ4n) is 2.24. The van der Waals surface area contributed by atoms with Gasteiger partial charge in [-0.1, -0.05) is 33.1 Å². The summed E-state index contributed by atoms with van der Waals surface area (Å²) in [6, 6.07) is 7.82. The number of benzene rings is 1. The van der Waals surface area contributed by atoms with E-state index >= 15 is 0 Å². The molecule has 1 rings (SSSR count). The van der Waals surface area contributed by atoms with Crippen molar-refractivity contribution in [1.82, 2.24) is 5.32 Å². The summed E-state index contributed by atoms with van der Waals surface area (Å²) in [7, 11) is 1.65. The summed E-state index contributed by atoms with van der Waals surface area (Å²) in [5.41, 5.74) is 0. The topological polar surface area (TPSA) is 38.3 Å². The lowest BCUT2D eigenvalue weighted by Crippen LogP contribution is -2.34. The van der Waals surface area contributed by atoms with E-state index in [1.54, 1.807) is 18.9 Å². The first-order valence-corrected chi connectivity index (χ1v) is 9.07. The third kappa shape index (κ3) is 6.73. The summed E-state index contributed by atoms with van der Waals surface area (Å²) in [5.74, 6) is 1.56. The second kappa shape index (κ2) is 10.5. The van der Waals surface area contributed by atoms with Crippen LogP contribution in [0.3, 0.4) is 0 Å². The number of ether oxygens (including phenoxy) is 1. The van der Waals surface area contributed by atoms with Crippen LogP contribution in [0.25, 0.3) is 0 Å². The van der Waals surface area contributed by atoms with E-state index in [0.717, 1.165) is 23.6 Å². The molecule has 0 aliphatic rings. The second-order valence-corrected chi connectivity index (χ2v) is 7.01. The predicted molar refractivity (Wildman–Crippen MR) is 94.6 cm³/mol. The van der Waals surface area contributed by atoms with Gasteiger partial charge in [-0.05, 0) is 43.5 Å². The monoisotopic (exact) mass is 323 g/mol. The van der Waals surface area contributed by atoms with Crippen molar-refractivity contribution >= 4 is 17.7 Å². The van der Waals surface area contributed by atoms with Gasteiger partial charge in [0.05, 0.1) is 12.4 Å². The van der Waals surface area contributed by atoms with Crippen LogP contribution < -0.4 is 10.1 Å². The quantitative estimate of drug-likeness (QED) is 0.644. The molecule has 2 atom stereocenters. The normalized spacial score (nSPS) is 13.5. The molecule has 1 amide bonds. The number of hydrogen-bond acceptors (Lipinski definition) is 3. The first kappa shape index (κ1) is 18.9. The number of carbonyl (C=O) groups excluding carboxylic acids is 1. The average Bonchev–Trinajstić information content (AvgIpc) is 2.55. The van der Waals surface area contributed by atoms with Gasteiger partial charge in [-0.3, -0.25) is 4.79 Å². The van der Waals surface area contributed by atoms with E-state index in [1.165, 1.54) is 19.3 Å². The molecule has 22 heavy (non-hydrogen) atoms. The molecule has 0 fully saturated rings. The van der Waals surface area contributed by atoms with Gasteiger partial charge in [0.1, 0.15) is 5.75 Å². The van der Waals surface area contributed by atoms with E-state index in [2.05, 4.69) is 19.2 Å². The third-order valence-electron chi connectivity index (χ3n) is 3.85. The number of nitrogens with one attached hydrogen (secondary N) is 1.